The molecule has 0 aliphatic carbocycles. The van der Waals surface area contributed by atoms with E-state index in [0.717, 1.165) is 41.1 Å². The summed E-state index contributed by atoms with van der Waals surface area (Å²) in [5, 5.41) is 0. The monoisotopic (exact) mass is 369 g/mol. The van der Waals surface area contributed by atoms with E-state index in [9.17, 15) is 13.2 Å². The van der Waals surface area contributed by atoms with Gasteiger partial charge in [0, 0.05) is 12.2 Å². The van der Waals surface area contributed by atoms with Crippen molar-refractivity contribution in [1.29, 1.82) is 0 Å². The number of benzene rings is 3. The van der Waals surface area contributed by atoms with Gasteiger partial charge in [-0.25, -0.2) is 13.2 Å². The van der Waals surface area contributed by atoms with Crippen LogP contribution in [0.5, 0.6) is 5.75 Å². The van der Waals surface area contributed by atoms with E-state index in [-0.39, 0.29) is 0 Å². The number of ether oxygens (including phenoxy) is 1. The van der Waals surface area contributed by atoms with Crippen LogP contribution in [0.4, 0.5) is 18.9 Å². The number of nitrogens with zero attached hydrogens (tertiary/aromatic N) is 1. The fourth-order valence-electron chi connectivity index (χ4n) is 3.72. The number of methoxy groups -OCH3 is 1. The van der Waals surface area contributed by atoms with Crippen molar-refractivity contribution < 1.29 is 17.9 Å². The average Bonchev–Trinajstić information content (AvgIpc) is 2.71. The third kappa shape index (κ3) is 3.14. The molecule has 3 aromatic rings. The van der Waals surface area contributed by atoms with E-state index < -0.39 is 23.5 Å². The molecule has 0 saturated heterocycles. The molecule has 138 valence electrons. The van der Waals surface area contributed by atoms with Crippen LogP contribution in [0.2, 0.25) is 0 Å². The second-order valence-electron chi connectivity index (χ2n) is 6.54. The normalized spacial score (nSPS) is 16.1. The largest absolute Gasteiger partial charge is 0.497 e. The Morgan fingerprint density at radius 3 is 2.30 bits per heavy atom. The molecule has 0 saturated carbocycles. The van der Waals surface area contributed by atoms with Gasteiger partial charge in [0.25, 0.3) is 0 Å². The molecular formula is C22H18F3NO. The van der Waals surface area contributed by atoms with Crippen LogP contribution in [0.15, 0.2) is 60.7 Å². The van der Waals surface area contributed by atoms with Gasteiger partial charge in [0.05, 0.1) is 13.2 Å². The van der Waals surface area contributed by atoms with Crippen LogP contribution < -0.4 is 9.64 Å². The summed E-state index contributed by atoms with van der Waals surface area (Å²) in [7, 11) is 1.60. The molecular weight excluding hydrogens is 351 g/mol. The van der Waals surface area contributed by atoms with Crippen LogP contribution in [-0.2, 0) is 6.42 Å². The van der Waals surface area contributed by atoms with E-state index in [1.165, 1.54) is 0 Å². The molecule has 0 amide bonds. The third-order valence-electron chi connectivity index (χ3n) is 4.99. The second kappa shape index (κ2) is 6.99. The molecule has 27 heavy (non-hydrogen) atoms. The van der Waals surface area contributed by atoms with Gasteiger partial charge < -0.3 is 9.64 Å². The van der Waals surface area contributed by atoms with Crippen molar-refractivity contribution in [2.24, 2.45) is 0 Å². The Bertz CT molecular complexity index is 952. The lowest BCUT2D eigenvalue weighted by atomic mass is 9.87. The molecule has 0 bridgehead atoms. The third-order valence-corrected chi connectivity index (χ3v) is 4.99. The minimum atomic E-state index is -1.45. The quantitative estimate of drug-likeness (QED) is 0.584. The molecule has 1 unspecified atom stereocenters. The lowest BCUT2D eigenvalue weighted by molar-refractivity contribution is 0.413. The van der Waals surface area contributed by atoms with Crippen LogP contribution in [0.1, 0.15) is 22.7 Å². The Kier molecular flexibility index (Phi) is 4.52. The fourth-order valence-corrected chi connectivity index (χ4v) is 3.72. The van der Waals surface area contributed by atoms with Gasteiger partial charge in [0.2, 0.25) is 0 Å². The predicted octanol–water partition coefficient (Wildman–Crippen LogP) is 5.26. The SMILES string of the molecule is COc1ccc2c(c1)CCN(c1ccccc1)C2c1cc(F)c(F)c(F)c1. The maximum Gasteiger partial charge on any atom is 0.194 e. The van der Waals surface area contributed by atoms with Crippen molar-refractivity contribution in [3.8, 4) is 5.75 Å². The summed E-state index contributed by atoms with van der Waals surface area (Å²) in [6.07, 6.45) is 0.768. The number of hydrogen-bond acceptors (Lipinski definition) is 2. The zero-order chi connectivity index (χ0) is 19.0. The van der Waals surface area contributed by atoms with Gasteiger partial charge in [-0.3, -0.25) is 0 Å². The first-order chi connectivity index (χ1) is 13.1. The fraction of sp³-hybridized carbons (Fsp3) is 0.182. The highest BCUT2D eigenvalue weighted by Crippen LogP contribution is 2.40. The van der Waals surface area contributed by atoms with Gasteiger partial charge in [0.15, 0.2) is 17.5 Å². The van der Waals surface area contributed by atoms with Crippen LogP contribution in [0.3, 0.4) is 0 Å². The zero-order valence-electron chi connectivity index (χ0n) is 14.8. The molecule has 0 fully saturated rings. The highest BCUT2D eigenvalue weighted by molar-refractivity contribution is 5.56. The predicted molar refractivity (Wildman–Crippen MR) is 98.6 cm³/mol. The van der Waals surface area contributed by atoms with Gasteiger partial charge in [-0.2, -0.15) is 0 Å². The van der Waals surface area contributed by atoms with Crippen molar-refractivity contribution >= 4 is 5.69 Å². The summed E-state index contributed by atoms with van der Waals surface area (Å²) in [6, 6.07) is 17.1. The van der Waals surface area contributed by atoms with Crippen molar-refractivity contribution in [3.05, 3.63) is 94.8 Å². The molecule has 0 N–H and O–H groups in total. The number of anilines is 1. The molecule has 2 nitrogen and oxygen atoms in total. The van der Waals surface area contributed by atoms with Crippen molar-refractivity contribution in [1.82, 2.24) is 0 Å². The Morgan fingerprint density at radius 2 is 1.63 bits per heavy atom. The lowest BCUT2D eigenvalue weighted by Crippen LogP contribution is -2.36. The van der Waals surface area contributed by atoms with Crippen LogP contribution in [0.25, 0.3) is 0 Å². The molecule has 0 aromatic heterocycles. The number of rotatable bonds is 3. The maximum absolute atomic E-state index is 14.0. The maximum atomic E-state index is 14.0. The molecule has 3 aromatic carbocycles. The van der Waals surface area contributed by atoms with Crippen molar-refractivity contribution in [2.45, 2.75) is 12.5 Å². The van der Waals surface area contributed by atoms with E-state index in [2.05, 4.69) is 4.90 Å². The molecule has 1 aliphatic rings. The minimum Gasteiger partial charge on any atom is -0.497 e. The summed E-state index contributed by atoms with van der Waals surface area (Å²) in [6.45, 7) is 0.662. The summed E-state index contributed by atoms with van der Waals surface area (Å²) in [5.41, 5.74) is 3.29. The number of halogens is 3. The number of para-hydroxylation sites is 1. The van der Waals surface area contributed by atoms with Crippen molar-refractivity contribution in [3.63, 3.8) is 0 Å². The molecule has 4 rings (SSSR count). The Balaban J connectivity index is 1.89. The second-order valence-corrected chi connectivity index (χ2v) is 6.54. The molecule has 1 heterocycles. The molecule has 1 aliphatic heterocycles. The smallest absolute Gasteiger partial charge is 0.194 e. The summed E-state index contributed by atoms with van der Waals surface area (Å²) in [5.74, 6) is -3.08. The zero-order valence-corrected chi connectivity index (χ0v) is 14.8. The summed E-state index contributed by atoms with van der Waals surface area (Å²) < 4.78 is 46.7. The van der Waals surface area contributed by atoms with E-state index in [0.29, 0.717) is 12.1 Å². The lowest BCUT2D eigenvalue weighted by Gasteiger charge is -2.39. The first-order valence-corrected chi connectivity index (χ1v) is 8.71. The number of hydrogen-bond donors (Lipinski definition) is 0. The highest BCUT2D eigenvalue weighted by Gasteiger charge is 2.30. The van der Waals surface area contributed by atoms with Crippen LogP contribution >= 0.6 is 0 Å². The van der Waals surface area contributed by atoms with Crippen LogP contribution in [0, 0.1) is 17.5 Å². The van der Waals surface area contributed by atoms with Crippen molar-refractivity contribution in [2.75, 3.05) is 18.6 Å². The van der Waals surface area contributed by atoms with Gasteiger partial charge in [-0.15, -0.1) is 0 Å². The van der Waals surface area contributed by atoms with Gasteiger partial charge in [-0.05, 0) is 59.5 Å². The first-order valence-electron chi connectivity index (χ1n) is 8.71. The summed E-state index contributed by atoms with van der Waals surface area (Å²) >= 11 is 0. The molecule has 5 heteroatoms. The van der Waals surface area contributed by atoms with Gasteiger partial charge in [-0.1, -0.05) is 24.3 Å². The van der Waals surface area contributed by atoms with E-state index >= 15 is 0 Å². The van der Waals surface area contributed by atoms with E-state index in [4.69, 9.17) is 4.74 Å². The van der Waals surface area contributed by atoms with E-state index in [1.54, 1.807) is 7.11 Å². The minimum absolute atomic E-state index is 0.376. The Labute approximate surface area is 155 Å². The number of fused-ring (bicyclic) bond motifs is 1. The topological polar surface area (TPSA) is 12.5 Å². The average molecular weight is 369 g/mol. The van der Waals surface area contributed by atoms with Gasteiger partial charge >= 0.3 is 0 Å². The molecule has 0 radical (unpaired) electrons. The van der Waals surface area contributed by atoms with Gasteiger partial charge in [0.1, 0.15) is 5.75 Å². The summed E-state index contributed by atoms with van der Waals surface area (Å²) in [4.78, 5) is 2.08. The molecule has 1 atom stereocenters. The standard InChI is InChI=1S/C22H18F3NO/c1-27-17-7-8-18-14(11-17)9-10-26(16-5-3-2-4-6-16)22(18)15-12-19(23)21(25)20(24)13-15/h2-8,11-13,22H,9-10H2,1H3. The van der Waals surface area contributed by atoms with Crippen LogP contribution in [-0.4, -0.2) is 13.7 Å². The van der Waals surface area contributed by atoms with E-state index in [1.807, 2.05) is 48.5 Å². The highest BCUT2D eigenvalue weighted by atomic mass is 19.2. The molecule has 0 spiro atoms. The first kappa shape index (κ1) is 17.5. The Morgan fingerprint density at radius 1 is 0.926 bits per heavy atom. The Hall–Kier alpha value is -2.95.